The average Bonchev–Trinajstić information content (AvgIpc) is 2.67. The standard InChI is InChI=1S/C20H26N4O3/c1-13-10-14(2)22-20(21-13)24-9-5-6-15(12-24)19(25)23-17-11-16(26-3)7-8-18(17)27-4/h7-8,10-11,15H,5-6,9,12H2,1-4H3,(H,23,25)/t15-/m1/s1. The van der Waals surface area contributed by atoms with Crippen molar-refractivity contribution in [1.82, 2.24) is 9.97 Å². The molecule has 0 aliphatic carbocycles. The number of nitrogens with one attached hydrogen (secondary N) is 1. The van der Waals surface area contributed by atoms with Gasteiger partial charge in [-0.05, 0) is 44.9 Å². The van der Waals surface area contributed by atoms with Crippen LogP contribution in [0.2, 0.25) is 0 Å². The van der Waals surface area contributed by atoms with Crippen LogP contribution in [-0.2, 0) is 4.79 Å². The predicted octanol–water partition coefficient (Wildman–Crippen LogP) is 2.97. The fraction of sp³-hybridized carbons (Fsp3) is 0.450. The molecule has 1 N–H and O–H groups in total. The van der Waals surface area contributed by atoms with Crippen LogP contribution in [0.1, 0.15) is 24.2 Å². The number of carbonyl (C=O) groups is 1. The van der Waals surface area contributed by atoms with Gasteiger partial charge in [0.05, 0.1) is 25.8 Å². The van der Waals surface area contributed by atoms with Crippen molar-refractivity contribution in [2.45, 2.75) is 26.7 Å². The smallest absolute Gasteiger partial charge is 0.229 e. The summed E-state index contributed by atoms with van der Waals surface area (Å²) in [5.41, 5.74) is 2.48. The molecule has 0 spiro atoms. The SMILES string of the molecule is COc1ccc(OC)c(NC(=O)[C@@H]2CCCN(c3nc(C)cc(C)n3)C2)c1. The number of aromatic nitrogens is 2. The molecule has 0 unspecified atom stereocenters. The molecule has 2 aromatic rings. The molecule has 1 aromatic heterocycles. The fourth-order valence-electron chi connectivity index (χ4n) is 3.37. The van der Waals surface area contributed by atoms with Crippen LogP contribution in [0.4, 0.5) is 11.6 Å². The number of hydrogen-bond acceptors (Lipinski definition) is 6. The zero-order valence-electron chi connectivity index (χ0n) is 16.3. The number of piperidine rings is 1. The number of nitrogens with zero attached hydrogens (tertiary/aromatic N) is 3. The van der Waals surface area contributed by atoms with Crippen molar-refractivity contribution in [3.05, 3.63) is 35.7 Å². The number of anilines is 2. The second kappa shape index (κ2) is 8.24. The number of benzene rings is 1. The number of methoxy groups -OCH3 is 2. The molecular formula is C20H26N4O3. The molecule has 0 saturated carbocycles. The van der Waals surface area contributed by atoms with Gasteiger partial charge in [0, 0.05) is 30.5 Å². The highest BCUT2D eigenvalue weighted by Gasteiger charge is 2.28. The molecule has 1 saturated heterocycles. The summed E-state index contributed by atoms with van der Waals surface area (Å²) in [6, 6.07) is 7.30. The quantitative estimate of drug-likeness (QED) is 0.872. The molecule has 1 aliphatic rings. The predicted molar refractivity (Wildman–Crippen MR) is 105 cm³/mol. The molecule has 1 aliphatic heterocycles. The van der Waals surface area contributed by atoms with Crippen molar-refractivity contribution < 1.29 is 14.3 Å². The minimum absolute atomic E-state index is 0.0318. The van der Waals surface area contributed by atoms with Crippen LogP contribution < -0.4 is 19.7 Å². The molecule has 3 rings (SSSR count). The van der Waals surface area contributed by atoms with Crippen molar-refractivity contribution in [2.24, 2.45) is 5.92 Å². The number of hydrogen-bond donors (Lipinski definition) is 1. The van der Waals surface area contributed by atoms with Gasteiger partial charge in [-0.15, -0.1) is 0 Å². The van der Waals surface area contributed by atoms with Gasteiger partial charge in [-0.3, -0.25) is 4.79 Å². The Bertz CT molecular complexity index is 805. The Morgan fingerprint density at radius 1 is 1.15 bits per heavy atom. The van der Waals surface area contributed by atoms with Gasteiger partial charge in [0.25, 0.3) is 0 Å². The number of aryl methyl sites for hydroxylation is 2. The van der Waals surface area contributed by atoms with Gasteiger partial charge in [-0.2, -0.15) is 0 Å². The maximum Gasteiger partial charge on any atom is 0.229 e. The van der Waals surface area contributed by atoms with E-state index in [9.17, 15) is 4.79 Å². The lowest BCUT2D eigenvalue weighted by molar-refractivity contribution is -0.120. The van der Waals surface area contributed by atoms with Gasteiger partial charge in [0.1, 0.15) is 11.5 Å². The molecule has 7 nitrogen and oxygen atoms in total. The summed E-state index contributed by atoms with van der Waals surface area (Å²) in [7, 11) is 3.17. The summed E-state index contributed by atoms with van der Waals surface area (Å²) >= 11 is 0. The Morgan fingerprint density at radius 3 is 2.56 bits per heavy atom. The van der Waals surface area contributed by atoms with Crippen LogP contribution in [0.15, 0.2) is 24.3 Å². The van der Waals surface area contributed by atoms with Crippen molar-refractivity contribution in [1.29, 1.82) is 0 Å². The lowest BCUT2D eigenvalue weighted by atomic mass is 9.97. The zero-order chi connectivity index (χ0) is 19.4. The van der Waals surface area contributed by atoms with Crippen molar-refractivity contribution in [2.75, 3.05) is 37.5 Å². The monoisotopic (exact) mass is 370 g/mol. The summed E-state index contributed by atoms with van der Waals surface area (Å²) < 4.78 is 10.6. The first-order chi connectivity index (χ1) is 13.0. The number of rotatable bonds is 5. The van der Waals surface area contributed by atoms with Crippen molar-refractivity contribution in [3.8, 4) is 11.5 Å². The van der Waals surface area contributed by atoms with Gasteiger partial charge < -0.3 is 19.7 Å². The van der Waals surface area contributed by atoms with E-state index >= 15 is 0 Å². The third-order valence-corrected chi connectivity index (χ3v) is 4.71. The van der Waals surface area contributed by atoms with E-state index in [0.717, 1.165) is 30.8 Å². The normalized spacial score (nSPS) is 16.7. The summed E-state index contributed by atoms with van der Waals surface area (Å²) in [5, 5.41) is 2.99. The average molecular weight is 370 g/mol. The molecular weight excluding hydrogens is 344 g/mol. The lowest BCUT2D eigenvalue weighted by Gasteiger charge is -2.32. The highest BCUT2D eigenvalue weighted by Crippen LogP contribution is 2.30. The first-order valence-corrected chi connectivity index (χ1v) is 9.10. The number of ether oxygens (including phenoxy) is 2. The second-order valence-corrected chi connectivity index (χ2v) is 6.79. The van der Waals surface area contributed by atoms with E-state index in [1.807, 2.05) is 19.9 Å². The zero-order valence-corrected chi connectivity index (χ0v) is 16.3. The summed E-state index contributed by atoms with van der Waals surface area (Å²) in [6.07, 6.45) is 1.75. The topological polar surface area (TPSA) is 76.6 Å². The third kappa shape index (κ3) is 4.48. The fourth-order valence-corrected chi connectivity index (χ4v) is 3.37. The maximum atomic E-state index is 12.9. The molecule has 2 heterocycles. The Labute approximate surface area is 159 Å². The van der Waals surface area contributed by atoms with Crippen LogP contribution in [0.3, 0.4) is 0 Å². The van der Waals surface area contributed by atoms with E-state index < -0.39 is 0 Å². The van der Waals surface area contributed by atoms with E-state index in [4.69, 9.17) is 9.47 Å². The second-order valence-electron chi connectivity index (χ2n) is 6.79. The Kier molecular flexibility index (Phi) is 5.78. The van der Waals surface area contributed by atoms with Crippen LogP contribution in [-0.4, -0.2) is 43.2 Å². The number of carbonyl (C=O) groups excluding carboxylic acids is 1. The molecule has 0 radical (unpaired) electrons. The van der Waals surface area contributed by atoms with E-state index in [-0.39, 0.29) is 11.8 Å². The van der Waals surface area contributed by atoms with Crippen LogP contribution >= 0.6 is 0 Å². The molecule has 144 valence electrons. The van der Waals surface area contributed by atoms with Gasteiger partial charge in [-0.1, -0.05) is 0 Å². The lowest BCUT2D eigenvalue weighted by Crippen LogP contribution is -2.41. The highest BCUT2D eigenvalue weighted by molar-refractivity contribution is 5.94. The largest absolute Gasteiger partial charge is 0.497 e. The summed E-state index contributed by atoms with van der Waals surface area (Å²) in [6.45, 7) is 5.37. The van der Waals surface area contributed by atoms with Gasteiger partial charge in [0.15, 0.2) is 0 Å². The van der Waals surface area contributed by atoms with Gasteiger partial charge in [0.2, 0.25) is 11.9 Å². The van der Waals surface area contributed by atoms with Crippen LogP contribution in [0, 0.1) is 19.8 Å². The van der Waals surface area contributed by atoms with Crippen molar-refractivity contribution in [3.63, 3.8) is 0 Å². The van der Waals surface area contributed by atoms with Crippen LogP contribution in [0.25, 0.3) is 0 Å². The van der Waals surface area contributed by atoms with E-state index in [1.54, 1.807) is 32.4 Å². The first kappa shape index (κ1) is 18.9. The first-order valence-electron chi connectivity index (χ1n) is 9.10. The van der Waals surface area contributed by atoms with Crippen molar-refractivity contribution >= 4 is 17.5 Å². The number of amides is 1. The summed E-state index contributed by atoms with van der Waals surface area (Å²) in [5.74, 6) is 1.80. The summed E-state index contributed by atoms with van der Waals surface area (Å²) in [4.78, 5) is 24.0. The Hall–Kier alpha value is -2.83. The van der Waals surface area contributed by atoms with Gasteiger partial charge >= 0.3 is 0 Å². The van der Waals surface area contributed by atoms with E-state index in [2.05, 4.69) is 20.2 Å². The van der Waals surface area contributed by atoms with E-state index in [0.29, 0.717) is 29.7 Å². The van der Waals surface area contributed by atoms with E-state index in [1.165, 1.54) is 0 Å². The molecule has 1 amide bonds. The van der Waals surface area contributed by atoms with Crippen LogP contribution in [0.5, 0.6) is 11.5 Å². The minimum atomic E-state index is -0.140. The Balaban J connectivity index is 1.73. The third-order valence-electron chi connectivity index (χ3n) is 4.71. The molecule has 1 fully saturated rings. The minimum Gasteiger partial charge on any atom is -0.497 e. The Morgan fingerprint density at radius 2 is 1.89 bits per heavy atom. The molecule has 27 heavy (non-hydrogen) atoms. The highest BCUT2D eigenvalue weighted by atomic mass is 16.5. The molecule has 7 heteroatoms. The molecule has 1 atom stereocenters. The molecule has 1 aromatic carbocycles. The maximum absolute atomic E-state index is 12.9. The van der Waals surface area contributed by atoms with Gasteiger partial charge in [-0.25, -0.2) is 9.97 Å². The molecule has 0 bridgehead atoms.